The second-order valence-corrected chi connectivity index (χ2v) is 1.87. The van der Waals surface area contributed by atoms with E-state index in [0.29, 0.717) is 13.2 Å². The van der Waals surface area contributed by atoms with E-state index in [1.807, 2.05) is 0 Å². The Morgan fingerprint density at radius 2 is 1.33 bits per heavy atom. The zero-order valence-corrected chi connectivity index (χ0v) is 6.58. The molecule has 0 saturated carbocycles. The van der Waals surface area contributed by atoms with Crippen molar-refractivity contribution >= 4 is 24.8 Å². The highest BCUT2D eigenvalue weighted by Gasteiger charge is 2.19. The molecule has 2 atom stereocenters. The smallest absolute Gasteiger partial charge is 0.0634 e. The van der Waals surface area contributed by atoms with Crippen molar-refractivity contribution < 1.29 is 4.74 Å². The molecule has 1 saturated heterocycles. The van der Waals surface area contributed by atoms with Gasteiger partial charge in [0, 0.05) is 12.1 Å². The summed E-state index contributed by atoms with van der Waals surface area (Å²) in [6.07, 6.45) is 0. The normalized spacial score (nSPS) is 32.7. The Kier molecular flexibility index (Phi) is 7.11. The van der Waals surface area contributed by atoms with E-state index in [9.17, 15) is 0 Å². The first-order chi connectivity index (χ1) is 3.30. The van der Waals surface area contributed by atoms with Gasteiger partial charge < -0.3 is 16.2 Å². The van der Waals surface area contributed by atoms with Gasteiger partial charge in [-0.05, 0) is 0 Å². The molecule has 1 heterocycles. The van der Waals surface area contributed by atoms with Gasteiger partial charge in [-0.1, -0.05) is 0 Å². The van der Waals surface area contributed by atoms with Crippen molar-refractivity contribution in [1.29, 1.82) is 0 Å². The van der Waals surface area contributed by atoms with Crippen LogP contribution in [0.3, 0.4) is 0 Å². The predicted octanol–water partition coefficient (Wildman–Crippen LogP) is -0.485. The van der Waals surface area contributed by atoms with Crippen molar-refractivity contribution in [2.45, 2.75) is 12.1 Å². The fourth-order valence-electron chi connectivity index (χ4n) is 0.587. The van der Waals surface area contributed by atoms with Gasteiger partial charge in [-0.2, -0.15) is 0 Å². The minimum atomic E-state index is 0. The van der Waals surface area contributed by atoms with E-state index in [0.717, 1.165) is 0 Å². The van der Waals surface area contributed by atoms with Crippen molar-refractivity contribution in [2.24, 2.45) is 11.5 Å². The standard InChI is InChI=1S/C4H10N2O.2ClH/c5-3-1-7-2-4(3)6;;/h3-4H,1-2,5-6H2;2*1H/t3-,4-;;/m1../s1. The Labute approximate surface area is 66.9 Å². The molecule has 3 nitrogen and oxygen atoms in total. The van der Waals surface area contributed by atoms with E-state index in [2.05, 4.69) is 0 Å². The lowest BCUT2D eigenvalue weighted by atomic mass is 10.2. The highest BCUT2D eigenvalue weighted by atomic mass is 35.5. The molecule has 1 rings (SSSR count). The van der Waals surface area contributed by atoms with E-state index < -0.39 is 0 Å². The molecule has 0 aromatic rings. The molecule has 1 aliphatic heterocycles. The molecule has 0 aromatic heterocycles. The highest BCUT2D eigenvalue weighted by Crippen LogP contribution is 1.97. The quantitative estimate of drug-likeness (QED) is 0.522. The Morgan fingerprint density at radius 3 is 1.44 bits per heavy atom. The number of halogens is 2. The van der Waals surface area contributed by atoms with E-state index in [-0.39, 0.29) is 36.9 Å². The summed E-state index contributed by atoms with van der Waals surface area (Å²) in [7, 11) is 0. The number of nitrogens with two attached hydrogens (primary N) is 2. The van der Waals surface area contributed by atoms with Crippen LogP contribution in [-0.2, 0) is 4.74 Å². The molecule has 0 aromatic carbocycles. The molecule has 0 unspecified atom stereocenters. The van der Waals surface area contributed by atoms with Crippen molar-refractivity contribution in [2.75, 3.05) is 13.2 Å². The molecule has 0 spiro atoms. The van der Waals surface area contributed by atoms with Crippen LogP contribution in [-0.4, -0.2) is 25.3 Å². The van der Waals surface area contributed by atoms with Crippen LogP contribution < -0.4 is 11.5 Å². The second kappa shape index (κ2) is 5.26. The summed E-state index contributed by atoms with van der Waals surface area (Å²) in [5.74, 6) is 0. The van der Waals surface area contributed by atoms with Crippen LogP contribution in [0.2, 0.25) is 0 Å². The van der Waals surface area contributed by atoms with Gasteiger partial charge in [-0.3, -0.25) is 0 Å². The summed E-state index contributed by atoms with van der Waals surface area (Å²) in [4.78, 5) is 0. The topological polar surface area (TPSA) is 61.3 Å². The minimum Gasteiger partial charge on any atom is -0.378 e. The Morgan fingerprint density at radius 1 is 1.00 bits per heavy atom. The van der Waals surface area contributed by atoms with E-state index in [1.54, 1.807) is 0 Å². The largest absolute Gasteiger partial charge is 0.378 e. The molecule has 58 valence electrons. The lowest BCUT2D eigenvalue weighted by molar-refractivity contribution is 0.191. The van der Waals surface area contributed by atoms with Gasteiger partial charge in [-0.25, -0.2) is 0 Å². The first kappa shape index (κ1) is 12.2. The van der Waals surface area contributed by atoms with Crippen molar-refractivity contribution in [1.82, 2.24) is 0 Å². The maximum absolute atomic E-state index is 5.43. The lowest BCUT2D eigenvalue weighted by Gasteiger charge is -2.02. The fraction of sp³-hybridized carbons (Fsp3) is 1.00. The third-order valence-corrected chi connectivity index (χ3v) is 1.17. The molecule has 1 aliphatic rings. The number of rotatable bonds is 0. The van der Waals surface area contributed by atoms with Crippen molar-refractivity contribution in [3.8, 4) is 0 Å². The third kappa shape index (κ3) is 3.23. The van der Waals surface area contributed by atoms with Crippen LogP contribution in [0.1, 0.15) is 0 Å². The predicted molar refractivity (Wildman–Crippen MR) is 41.3 cm³/mol. The van der Waals surface area contributed by atoms with Gasteiger partial charge in [0.15, 0.2) is 0 Å². The van der Waals surface area contributed by atoms with E-state index in [4.69, 9.17) is 16.2 Å². The minimum absolute atomic E-state index is 0. The summed E-state index contributed by atoms with van der Waals surface area (Å²) in [5.41, 5.74) is 10.9. The van der Waals surface area contributed by atoms with Crippen molar-refractivity contribution in [3.05, 3.63) is 0 Å². The SMILES string of the molecule is Cl.Cl.N[C@@H]1COC[C@H]1N. The number of hydrogen-bond donors (Lipinski definition) is 2. The fourth-order valence-corrected chi connectivity index (χ4v) is 0.587. The van der Waals surface area contributed by atoms with Crippen molar-refractivity contribution in [3.63, 3.8) is 0 Å². The lowest BCUT2D eigenvalue weighted by Crippen LogP contribution is -2.39. The highest BCUT2D eigenvalue weighted by molar-refractivity contribution is 5.85. The van der Waals surface area contributed by atoms with Gasteiger partial charge in [0.1, 0.15) is 0 Å². The van der Waals surface area contributed by atoms with Gasteiger partial charge in [0.25, 0.3) is 0 Å². The average Bonchev–Trinajstić information content (AvgIpc) is 1.91. The molecule has 0 bridgehead atoms. The Bertz CT molecular complexity index is 65.6. The van der Waals surface area contributed by atoms with Crippen LogP contribution in [0.4, 0.5) is 0 Å². The molecule has 4 N–H and O–H groups in total. The van der Waals surface area contributed by atoms with Gasteiger partial charge in [-0.15, -0.1) is 24.8 Å². The molecule has 5 heteroatoms. The monoisotopic (exact) mass is 174 g/mol. The van der Waals surface area contributed by atoms with Gasteiger partial charge in [0.2, 0.25) is 0 Å². The van der Waals surface area contributed by atoms with Crippen LogP contribution in [0.5, 0.6) is 0 Å². The molecule has 0 amide bonds. The molecule has 0 radical (unpaired) electrons. The zero-order valence-electron chi connectivity index (χ0n) is 4.95. The molecular formula is C4H12Cl2N2O. The molecule has 9 heavy (non-hydrogen) atoms. The van der Waals surface area contributed by atoms with Gasteiger partial charge in [0.05, 0.1) is 13.2 Å². The number of ether oxygens (including phenoxy) is 1. The first-order valence-electron chi connectivity index (χ1n) is 2.39. The average molecular weight is 175 g/mol. The Balaban J connectivity index is 0. The second-order valence-electron chi connectivity index (χ2n) is 1.87. The molecular weight excluding hydrogens is 163 g/mol. The van der Waals surface area contributed by atoms with Crippen LogP contribution in [0, 0.1) is 0 Å². The first-order valence-corrected chi connectivity index (χ1v) is 2.39. The third-order valence-electron chi connectivity index (χ3n) is 1.17. The van der Waals surface area contributed by atoms with Crippen LogP contribution in [0.15, 0.2) is 0 Å². The molecule has 0 aliphatic carbocycles. The zero-order chi connectivity index (χ0) is 5.28. The summed E-state index contributed by atoms with van der Waals surface area (Å²) < 4.78 is 4.92. The molecule has 1 fully saturated rings. The summed E-state index contributed by atoms with van der Waals surface area (Å²) in [6.45, 7) is 1.25. The maximum Gasteiger partial charge on any atom is 0.0634 e. The van der Waals surface area contributed by atoms with Crippen LogP contribution >= 0.6 is 24.8 Å². The summed E-state index contributed by atoms with van der Waals surface area (Å²) in [6, 6.07) is 0.139. The van der Waals surface area contributed by atoms with E-state index in [1.165, 1.54) is 0 Å². The Hall–Kier alpha value is 0.460. The maximum atomic E-state index is 5.43. The van der Waals surface area contributed by atoms with Crippen LogP contribution in [0.25, 0.3) is 0 Å². The summed E-state index contributed by atoms with van der Waals surface area (Å²) >= 11 is 0. The van der Waals surface area contributed by atoms with E-state index >= 15 is 0 Å². The van der Waals surface area contributed by atoms with Gasteiger partial charge >= 0.3 is 0 Å². The summed E-state index contributed by atoms with van der Waals surface area (Å²) in [5, 5.41) is 0. The number of hydrogen-bond acceptors (Lipinski definition) is 3.